The molecule has 1 amide bonds. The smallest absolute Gasteiger partial charge is 0.383 e. The fourth-order valence-electron chi connectivity index (χ4n) is 4.64. The quantitative estimate of drug-likeness (QED) is 0.279. The summed E-state index contributed by atoms with van der Waals surface area (Å²) in [5, 5.41) is 21.8. The van der Waals surface area contributed by atoms with Gasteiger partial charge >= 0.3 is 6.18 Å². The van der Waals surface area contributed by atoms with Gasteiger partial charge in [0.15, 0.2) is 0 Å². The number of carbonyl (C=O) groups is 1. The summed E-state index contributed by atoms with van der Waals surface area (Å²) < 4.78 is 40.7. The lowest BCUT2D eigenvalue weighted by Crippen LogP contribution is -2.42. The van der Waals surface area contributed by atoms with E-state index in [1.54, 1.807) is 29.3 Å². The van der Waals surface area contributed by atoms with Gasteiger partial charge in [-0.15, -0.1) is 11.3 Å². The van der Waals surface area contributed by atoms with Crippen LogP contribution in [-0.4, -0.2) is 46.8 Å². The Morgan fingerprint density at radius 2 is 2.02 bits per heavy atom. The summed E-state index contributed by atoms with van der Waals surface area (Å²) in [5.74, 6) is -0.227. The summed E-state index contributed by atoms with van der Waals surface area (Å²) in [7, 11) is 0. The second kappa shape index (κ2) is 11.3. The van der Waals surface area contributed by atoms with Crippen molar-refractivity contribution in [2.24, 2.45) is 0 Å². The number of nitrogens with zero attached hydrogens (tertiary/aromatic N) is 6. The number of aromatic nitrogens is 6. The number of hydrogen-bond acceptors (Lipinski definition) is 9. The molecule has 5 rings (SSSR count). The van der Waals surface area contributed by atoms with Crippen LogP contribution in [0, 0.1) is 6.92 Å². The van der Waals surface area contributed by atoms with E-state index in [4.69, 9.17) is 0 Å². The third kappa shape index (κ3) is 6.62. The Morgan fingerprint density at radius 1 is 1.23 bits per heavy atom. The Balaban J connectivity index is 1.22. The molecule has 10 nitrogen and oxygen atoms in total. The Morgan fingerprint density at radius 3 is 2.75 bits per heavy atom. The zero-order valence-corrected chi connectivity index (χ0v) is 22.3. The van der Waals surface area contributed by atoms with Gasteiger partial charge in [0, 0.05) is 30.5 Å². The van der Waals surface area contributed by atoms with Crippen molar-refractivity contribution in [2.75, 3.05) is 5.32 Å². The van der Waals surface area contributed by atoms with Crippen molar-refractivity contribution >= 4 is 28.9 Å². The molecule has 0 saturated heterocycles. The number of thiazole rings is 1. The van der Waals surface area contributed by atoms with E-state index in [0.717, 1.165) is 28.3 Å². The molecule has 40 heavy (non-hydrogen) atoms. The largest absolute Gasteiger partial charge is 0.433 e. The van der Waals surface area contributed by atoms with E-state index in [2.05, 4.69) is 35.7 Å². The van der Waals surface area contributed by atoms with Gasteiger partial charge in [0.1, 0.15) is 29.0 Å². The monoisotopic (exact) mass is 572 g/mol. The highest BCUT2D eigenvalue weighted by molar-refractivity contribution is 7.15. The second-order valence-electron chi connectivity index (χ2n) is 9.79. The lowest BCUT2D eigenvalue weighted by atomic mass is 9.82. The number of amides is 1. The average Bonchev–Trinajstić information content (AvgIpc) is 3.62. The number of alkyl halides is 3. The fourth-order valence-corrected chi connectivity index (χ4v) is 5.69. The van der Waals surface area contributed by atoms with Crippen LogP contribution in [0.1, 0.15) is 48.4 Å². The molecule has 0 bridgehead atoms. The Labute approximate surface area is 231 Å². The third-order valence-corrected chi connectivity index (χ3v) is 7.92. The van der Waals surface area contributed by atoms with Crippen LogP contribution in [0.5, 0.6) is 0 Å². The van der Waals surface area contributed by atoms with Gasteiger partial charge in [0.2, 0.25) is 11.9 Å². The standard InChI is InChI=1S/C26H27F3N8O2S/c1-16-10-17(12-19(11-16)35-24-31-8-4-21(36-24)26(27,28)29)20-13-32-23(40-20)25(39)6-2-18(3-7-25)34-22(38)5-9-37-15-30-14-33-37/h4,8,10-15,18,39H,2-3,5-7,9H2,1H3,(H,34,38)(H,31,35,36)/t18-,25+. The molecule has 1 fully saturated rings. The van der Waals surface area contributed by atoms with E-state index in [9.17, 15) is 23.1 Å². The van der Waals surface area contributed by atoms with Crippen LogP contribution in [0.25, 0.3) is 10.4 Å². The van der Waals surface area contributed by atoms with Crippen molar-refractivity contribution in [1.82, 2.24) is 35.0 Å². The molecule has 0 spiro atoms. The molecule has 0 unspecified atom stereocenters. The molecule has 3 heterocycles. The van der Waals surface area contributed by atoms with E-state index < -0.39 is 17.5 Å². The molecule has 1 aromatic carbocycles. The lowest BCUT2D eigenvalue weighted by Gasteiger charge is -2.34. The summed E-state index contributed by atoms with van der Waals surface area (Å²) in [6.45, 7) is 2.33. The maximum Gasteiger partial charge on any atom is 0.433 e. The topological polar surface area (TPSA) is 131 Å². The number of benzene rings is 1. The van der Waals surface area contributed by atoms with Gasteiger partial charge in [0.25, 0.3) is 0 Å². The molecule has 1 aliphatic rings. The minimum Gasteiger partial charge on any atom is -0.383 e. The number of anilines is 2. The molecule has 1 aliphatic carbocycles. The first-order valence-corrected chi connectivity index (χ1v) is 13.5. The highest BCUT2D eigenvalue weighted by atomic mass is 32.1. The number of nitrogens with one attached hydrogen (secondary N) is 2. The summed E-state index contributed by atoms with van der Waals surface area (Å²) in [6.07, 6.45) is 3.63. The fraction of sp³-hybridized carbons (Fsp3) is 0.385. The number of rotatable bonds is 8. The van der Waals surface area contributed by atoms with E-state index in [1.165, 1.54) is 17.7 Å². The Bertz CT molecular complexity index is 1470. The minimum absolute atomic E-state index is 0.0218. The SMILES string of the molecule is Cc1cc(Nc2nccc(C(F)(F)F)n2)cc(-c2cnc([C@]3(O)CC[C@@H](NC(=O)CCn4cncn4)CC3)s2)c1. The van der Waals surface area contributed by atoms with E-state index >= 15 is 0 Å². The molecule has 210 valence electrons. The first-order valence-electron chi connectivity index (χ1n) is 12.7. The first kappa shape index (κ1) is 27.6. The molecule has 0 atom stereocenters. The number of halogens is 3. The van der Waals surface area contributed by atoms with Crippen LogP contribution in [0.4, 0.5) is 24.8 Å². The lowest BCUT2D eigenvalue weighted by molar-refractivity contribution is -0.141. The normalized spacial score (nSPS) is 19.4. The van der Waals surface area contributed by atoms with Gasteiger partial charge in [-0.05, 0) is 61.9 Å². The maximum atomic E-state index is 13.0. The molecular weight excluding hydrogens is 545 g/mol. The van der Waals surface area contributed by atoms with Crippen molar-refractivity contribution in [3.05, 3.63) is 65.6 Å². The highest BCUT2D eigenvalue weighted by Crippen LogP contribution is 2.41. The number of carbonyl (C=O) groups excluding carboxylic acids is 1. The third-order valence-electron chi connectivity index (χ3n) is 6.68. The van der Waals surface area contributed by atoms with Crippen LogP contribution in [0.3, 0.4) is 0 Å². The minimum atomic E-state index is -4.57. The van der Waals surface area contributed by atoms with Crippen LogP contribution < -0.4 is 10.6 Å². The van der Waals surface area contributed by atoms with Crippen LogP contribution in [0.2, 0.25) is 0 Å². The summed E-state index contributed by atoms with van der Waals surface area (Å²) in [4.78, 5) is 29.0. The molecule has 1 saturated carbocycles. The molecular formula is C26H27F3N8O2S. The number of aliphatic hydroxyl groups is 1. The first-order chi connectivity index (χ1) is 19.1. The van der Waals surface area contributed by atoms with Crippen LogP contribution in [-0.2, 0) is 23.1 Å². The zero-order chi connectivity index (χ0) is 28.3. The van der Waals surface area contributed by atoms with E-state index in [1.807, 2.05) is 13.0 Å². The Hall–Kier alpha value is -3.91. The second-order valence-corrected chi connectivity index (χ2v) is 10.8. The van der Waals surface area contributed by atoms with Crippen molar-refractivity contribution in [3.63, 3.8) is 0 Å². The van der Waals surface area contributed by atoms with E-state index in [-0.39, 0.29) is 17.9 Å². The summed E-state index contributed by atoms with van der Waals surface area (Å²) in [6, 6.07) is 6.30. The van der Waals surface area contributed by atoms with Gasteiger partial charge in [-0.2, -0.15) is 18.3 Å². The van der Waals surface area contributed by atoms with Gasteiger partial charge in [-0.3, -0.25) is 9.48 Å². The average molecular weight is 573 g/mol. The summed E-state index contributed by atoms with van der Waals surface area (Å²) in [5.41, 5.74) is 0.0833. The molecule has 0 radical (unpaired) electrons. The highest BCUT2D eigenvalue weighted by Gasteiger charge is 2.38. The van der Waals surface area contributed by atoms with Gasteiger partial charge in [0.05, 0.1) is 11.4 Å². The van der Waals surface area contributed by atoms with Crippen LogP contribution in [0.15, 0.2) is 49.3 Å². The van der Waals surface area contributed by atoms with Crippen LogP contribution >= 0.6 is 11.3 Å². The number of hydrogen-bond donors (Lipinski definition) is 3. The Kier molecular flexibility index (Phi) is 7.81. The predicted octanol–water partition coefficient (Wildman–Crippen LogP) is 4.60. The van der Waals surface area contributed by atoms with Gasteiger partial charge in [-0.25, -0.2) is 19.9 Å². The maximum absolute atomic E-state index is 13.0. The zero-order valence-electron chi connectivity index (χ0n) is 21.5. The predicted molar refractivity (Wildman–Crippen MR) is 142 cm³/mol. The summed E-state index contributed by atoms with van der Waals surface area (Å²) >= 11 is 1.37. The molecule has 0 aliphatic heterocycles. The van der Waals surface area contributed by atoms with Crippen molar-refractivity contribution < 1.29 is 23.1 Å². The van der Waals surface area contributed by atoms with Gasteiger partial charge in [-0.1, -0.05) is 6.07 Å². The van der Waals surface area contributed by atoms with Crippen molar-refractivity contribution in [2.45, 2.75) is 63.4 Å². The van der Waals surface area contributed by atoms with Crippen molar-refractivity contribution in [1.29, 1.82) is 0 Å². The molecule has 3 N–H and O–H groups in total. The number of aryl methyl sites for hydroxylation is 2. The van der Waals surface area contributed by atoms with E-state index in [0.29, 0.717) is 49.3 Å². The molecule has 3 aromatic heterocycles. The van der Waals surface area contributed by atoms with Gasteiger partial charge < -0.3 is 15.7 Å². The molecule has 14 heteroatoms. The van der Waals surface area contributed by atoms with Crippen molar-refractivity contribution in [3.8, 4) is 10.4 Å². The molecule has 4 aromatic rings.